The molecule has 6 heteroatoms. The number of hydrogen-bond donors (Lipinski definition) is 2. The molecule has 2 aromatic rings. The largest absolute Gasteiger partial charge is 0.357 e. The van der Waals surface area contributed by atoms with Crippen molar-refractivity contribution >= 4 is 17.4 Å². The molecule has 0 saturated heterocycles. The van der Waals surface area contributed by atoms with Crippen molar-refractivity contribution in [2.75, 3.05) is 23.3 Å². The van der Waals surface area contributed by atoms with Crippen LogP contribution in [0.15, 0.2) is 35.3 Å². The Balaban J connectivity index is 2.13. The highest BCUT2D eigenvalue weighted by Gasteiger charge is 2.11. The second-order valence-corrected chi connectivity index (χ2v) is 4.92. The van der Waals surface area contributed by atoms with Crippen molar-refractivity contribution in [3.8, 4) is 0 Å². The van der Waals surface area contributed by atoms with Crippen LogP contribution >= 0.6 is 0 Å². The third kappa shape index (κ3) is 3.52. The average molecular weight is 300 g/mol. The van der Waals surface area contributed by atoms with Gasteiger partial charge in [0.2, 0.25) is 0 Å². The number of carbonyl (C=O) groups excluding carboxylic acids is 1. The molecule has 0 spiro atoms. The molecule has 0 bridgehead atoms. The molecule has 0 unspecified atom stereocenters. The fraction of sp³-hybridized carbons (Fsp3) is 0.312. The van der Waals surface area contributed by atoms with Crippen molar-refractivity contribution in [1.82, 2.24) is 9.97 Å². The Bertz CT molecular complexity index is 703. The van der Waals surface area contributed by atoms with E-state index in [-0.39, 0.29) is 5.56 Å². The number of pyridine rings is 2. The molecule has 116 valence electrons. The van der Waals surface area contributed by atoms with Crippen molar-refractivity contribution in [2.45, 2.75) is 20.8 Å². The number of nitrogens with zero attached hydrogens (tertiary/aromatic N) is 2. The Hall–Kier alpha value is -2.63. The second-order valence-electron chi connectivity index (χ2n) is 4.92. The van der Waals surface area contributed by atoms with E-state index in [9.17, 15) is 9.59 Å². The van der Waals surface area contributed by atoms with Gasteiger partial charge in [-0.2, -0.15) is 0 Å². The summed E-state index contributed by atoms with van der Waals surface area (Å²) in [5, 5.41) is 2.68. The fourth-order valence-corrected chi connectivity index (χ4v) is 2.14. The summed E-state index contributed by atoms with van der Waals surface area (Å²) in [5.74, 6) is 0.412. The minimum absolute atomic E-state index is 0.0819. The van der Waals surface area contributed by atoms with Crippen molar-refractivity contribution in [3.63, 3.8) is 0 Å². The second kappa shape index (κ2) is 6.89. The molecule has 1 amide bonds. The molecule has 0 aliphatic carbocycles. The van der Waals surface area contributed by atoms with Gasteiger partial charge in [0.1, 0.15) is 11.4 Å². The van der Waals surface area contributed by atoms with E-state index in [1.807, 2.05) is 6.07 Å². The van der Waals surface area contributed by atoms with Gasteiger partial charge >= 0.3 is 0 Å². The monoisotopic (exact) mass is 300 g/mol. The van der Waals surface area contributed by atoms with Gasteiger partial charge in [-0.15, -0.1) is 0 Å². The minimum Gasteiger partial charge on any atom is -0.357 e. The molecule has 0 aliphatic heterocycles. The van der Waals surface area contributed by atoms with Crippen LogP contribution < -0.4 is 15.8 Å². The van der Waals surface area contributed by atoms with Crippen LogP contribution in [0.3, 0.4) is 0 Å². The van der Waals surface area contributed by atoms with E-state index in [2.05, 4.69) is 34.0 Å². The molecule has 0 saturated carbocycles. The number of anilines is 2. The summed E-state index contributed by atoms with van der Waals surface area (Å²) >= 11 is 0. The van der Waals surface area contributed by atoms with E-state index in [4.69, 9.17) is 0 Å². The molecule has 2 N–H and O–H groups in total. The minimum atomic E-state index is -0.446. The van der Waals surface area contributed by atoms with E-state index in [1.165, 1.54) is 6.07 Å². The van der Waals surface area contributed by atoms with Gasteiger partial charge in [-0.1, -0.05) is 0 Å². The molecule has 6 nitrogen and oxygen atoms in total. The highest BCUT2D eigenvalue weighted by Crippen LogP contribution is 2.14. The highest BCUT2D eigenvalue weighted by molar-refractivity contribution is 6.03. The van der Waals surface area contributed by atoms with Gasteiger partial charge in [-0.3, -0.25) is 9.59 Å². The van der Waals surface area contributed by atoms with Crippen LogP contribution in [0.25, 0.3) is 0 Å². The van der Waals surface area contributed by atoms with Crippen molar-refractivity contribution in [3.05, 3.63) is 52.1 Å². The Morgan fingerprint density at radius 2 is 1.95 bits per heavy atom. The molecule has 0 aromatic carbocycles. The smallest absolute Gasteiger partial charge is 0.261 e. The quantitative estimate of drug-likeness (QED) is 0.887. The summed E-state index contributed by atoms with van der Waals surface area (Å²) in [5.41, 5.74) is 0.955. The van der Waals surface area contributed by atoms with Crippen molar-refractivity contribution in [2.24, 2.45) is 0 Å². The summed E-state index contributed by atoms with van der Waals surface area (Å²) in [6.07, 6.45) is 1.59. The van der Waals surface area contributed by atoms with E-state index in [1.54, 1.807) is 25.3 Å². The summed E-state index contributed by atoms with van der Waals surface area (Å²) in [7, 11) is 0. The summed E-state index contributed by atoms with van der Waals surface area (Å²) < 4.78 is 0. The van der Waals surface area contributed by atoms with Gasteiger partial charge in [-0.05, 0) is 45.0 Å². The van der Waals surface area contributed by atoms with Crippen LogP contribution in [0.4, 0.5) is 11.5 Å². The maximum atomic E-state index is 12.1. The third-order valence-electron chi connectivity index (χ3n) is 3.39. The number of H-pyrrole nitrogens is 1. The van der Waals surface area contributed by atoms with E-state index in [0.717, 1.165) is 18.9 Å². The summed E-state index contributed by atoms with van der Waals surface area (Å²) in [4.78, 5) is 32.9. The lowest BCUT2D eigenvalue weighted by atomic mass is 10.2. The number of rotatable bonds is 5. The molecule has 22 heavy (non-hydrogen) atoms. The number of carbonyl (C=O) groups is 1. The van der Waals surface area contributed by atoms with Crippen LogP contribution in [0, 0.1) is 6.92 Å². The fourth-order valence-electron chi connectivity index (χ4n) is 2.14. The molecule has 2 heterocycles. The molecule has 0 fully saturated rings. The molecule has 0 radical (unpaired) electrons. The normalized spacial score (nSPS) is 10.3. The Morgan fingerprint density at radius 1 is 1.23 bits per heavy atom. The predicted molar refractivity (Wildman–Crippen MR) is 87.6 cm³/mol. The maximum Gasteiger partial charge on any atom is 0.261 e. The first-order chi connectivity index (χ1) is 10.5. The summed E-state index contributed by atoms with van der Waals surface area (Å²) in [6.45, 7) is 7.62. The summed E-state index contributed by atoms with van der Waals surface area (Å²) in [6, 6.07) is 6.84. The van der Waals surface area contributed by atoms with Gasteiger partial charge in [-0.25, -0.2) is 4.98 Å². The van der Waals surface area contributed by atoms with E-state index in [0.29, 0.717) is 11.4 Å². The first-order valence-corrected chi connectivity index (χ1v) is 7.27. The van der Waals surface area contributed by atoms with Crippen molar-refractivity contribution < 1.29 is 4.79 Å². The Kier molecular flexibility index (Phi) is 4.93. The molecule has 2 rings (SSSR count). The number of amides is 1. The molecular formula is C16H20N4O2. The van der Waals surface area contributed by atoms with Crippen molar-refractivity contribution in [1.29, 1.82) is 0 Å². The van der Waals surface area contributed by atoms with Gasteiger partial charge in [0.25, 0.3) is 11.5 Å². The predicted octanol–water partition coefficient (Wildman–Crippen LogP) is 2.18. The Morgan fingerprint density at radius 3 is 2.50 bits per heavy atom. The zero-order chi connectivity index (χ0) is 16.1. The number of aryl methyl sites for hydroxylation is 1. The standard InChI is InChI=1S/C16H20N4O2/c1-4-20(5-2)14-9-7-12(10-17-14)19-16(22)13-8-6-11(3)18-15(13)21/h6-10H,4-5H2,1-3H3,(H,18,21)(H,19,22). The van der Waals surface area contributed by atoms with Crippen LogP contribution in [0.5, 0.6) is 0 Å². The SMILES string of the molecule is CCN(CC)c1ccc(NC(=O)c2ccc(C)[nH]c2=O)cn1. The number of aromatic amines is 1. The Labute approximate surface area is 129 Å². The molecule has 2 aromatic heterocycles. The zero-order valence-corrected chi connectivity index (χ0v) is 13.0. The average Bonchev–Trinajstić information content (AvgIpc) is 2.50. The first-order valence-electron chi connectivity index (χ1n) is 7.27. The van der Waals surface area contributed by atoms with Gasteiger partial charge in [0, 0.05) is 18.8 Å². The van der Waals surface area contributed by atoms with Crippen LogP contribution in [-0.2, 0) is 0 Å². The highest BCUT2D eigenvalue weighted by atomic mass is 16.2. The third-order valence-corrected chi connectivity index (χ3v) is 3.39. The lowest BCUT2D eigenvalue weighted by Crippen LogP contribution is -2.24. The molecule has 0 aliphatic rings. The number of hydrogen-bond acceptors (Lipinski definition) is 4. The lowest BCUT2D eigenvalue weighted by Gasteiger charge is -2.19. The number of nitrogens with one attached hydrogen (secondary N) is 2. The van der Waals surface area contributed by atoms with Crippen LogP contribution in [0.1, 0.15) is 29.9 Å². The molecule has 0 atom stereocenters. The lowest BCUT2D eigenvalue weighted by molar-refractivity contribution is 0.102. The number of aromatic nitrogens is 2. The maximum absolute atomic E-state index is 12.1. The molecular weight excluding hydrogens is 280 g/mol. The zero-order valence-electron chi connectivity index (χ0n) is 13.0. The topological polar surface area (TPSA) is 78.1 Å². The van der Waals surface area contributed by atoms with Crippen LogP contribution in [-0.4, -0.2) is 29.0 Å². The van der Waals surface area contributed by atoms with Crippen LogP contribution in [0.2, 0.25) is 0 Å². The van der Waals surface area contributed by atoms with E-state index < -0.39 is 11.5 Å². The first kappa shape index (κ1) is 15.8. The van der Waals surface area contributed by atoms with Gasteiger partial charge in [0.15, 0.2) is 0 Å². The van der Waals surface area contributed by atoms with E-state index >= 15 is 0 Å². The van der Waals surface area contributed by atoms with Gasteiger partial charge < -0.3 is 15.2 Å². The van der Waals surface area contributed by atoms with Gasteiger partial charge in [0.05, 0.1) is 11.9 Å².